The van der Waals surface area contributed by atoms with Crippen molar-refractivity contribution in [1.82, 2.24) is 4.90 Å². The lowest BCUT2D eigenvalue weighted by molar-refractivity contribution is -0.129. The highest BCUT2D eigenvalue weighted by Gasteiger charge is 2.46. The van der Waals surface area contributed by atoms with E-state index in [4.69, 9.17) is 17.3 Å². The third-order valence-electron chi connectivity index (χ3n) is 4.60. The summed E-state index contributed by atoms with van der Waals surface area (Å²) in [6.07, 6.45) is 0. The van der Waals surface area contributed by atoms with Crippen LogP contribution in [0.25, 0.3) is 0 Å². The highest BCUT2D eigenvalue weighted by atomic mass is 35.5. The lowest BCUT2D eigenvalue weighted by atomic mass is 9.77. The zero-order chi connectivity index (χ0) is 15.9. The number of benzene rings is 2. The SMILES string of the molecule is CC(=O)C1(N)c2c(Cl)cccc2C(c2ccccc2)CN1C. The molecule has 4 heteroatoms. The molecular weight excluding hydrogens is 296 g/mol. The van der Waals surface area contributed by atoms with Crippen molar-refractivity contribution in [2.75, 3.05) is 13.6 Å². The molecule has 22 heavy (non-hydrogen) atoms. The standard InChI is InChI=1S/C18H19ClN2O/c1-12(22)18(20)17-14(9-6-10-16(17)19)15(11-21(18)2)13-7-4-3-5-8-13/h3-10,15H,11,20H2,1-2H3. The van der Waals surface area contributed by atoms with E-state index >= 15 is 0 Å². The Morgan fingerprint density at radius 2 is 1.91 bits per heavy atom. The summed E-state index contributed by atoms with van der Waals surface area (Å²) in [5.74, 6) is 0.0480. The molecule has 1 aliphatic heterocycles. The molecule has 0 spiro atoms. The van der Waals surface area contributed by atoms with Crippen molar-refractivity contribution >= 4 is 17.4 Å². The van der Waals surface area contributed by atoms with E-state index in [2.05, 4.69) is 12.1 Å². The summed E-state index contributed by atoms with van der Waals surface area (Å²) in [4.78, 5) is 14.2. The van der Waals surface area contributed by atoms with Crippen LogP contribution in [-0.2, 0) is 10.5 Å². The normalized spacial score (nSPS) is 24.8. The zero-order valence-corrected chi connectivity index (χ0v) is 13.5. The first-order valence-corrected chi connectivity index (χ1v) is 7.69. The van der Waals surface area contributed by atoms with Gasteiger partial charge >= 0.3 is 0 Å². The topological polar surface area (TPSA) is 46.3 Å². The van der Waals surface area contributed by atoms with Gasteiger partial charge < -0.3 is 5.73 Å². The van der Waals surface area contributed by atoms with Crippen LogP contribution in [0.4, 0.5) is 0 Å². The van der Waals surface area contributed by atoms with Gasteiger partial charge in [0.25, 0.3) is 0 Å². The minimum Gasteiger partial charge on any atom is -0.303 e. The number of carbonyl (C=O) groups excluding carboxylic acids is 1. The fourth-order valence-corrected chi connectivity index (χ4v) is 3.68. The van der Waals surface area contributed by atoms with E-state index in [1.165, 1.54) is 12.5 Å². The summed E-state index contributed by atoms with van der Waals surface area (Å²) < 4.78 is 0. The van der Waals surface area contributed by atoms with Gasteiger partial charge in [0, 0.05) is 23.0 Å². The molecule has 1 heterocycles. The zero-order valence-electron chi connectivity index (χ0n) is 12.7. The molecule has 0 amide bonds. The largest absolute Gasteiger partial charge is 0.303 e. The van der Waals surface area contributed by atoms with Crippen LogP contribution in [0.2, 0.25) is 5.02 Å². The molecule has 0 aliphatic carbocycles. The number of hydrogen-bond acceptors (Lipinski definition) is 3. The Morgan fingerprint density at radius 1 is 1.23 bits per heavy atom. The van der Waals surface area contributed by atoms with Crippen LogP contribution in [-0.4, -0.2) is 24.3 Å². The number of nitrogens with two attached hydrogens (primary N) is 1. The van der Waals surface area contributed by atoms with Crippen LogP contribution in [0.15, 0.2) is 48.5 Å². The highest BCUT2D eigenvalue weighted by Crippen LogP contribution is 2.43. The van der Waals surface area contributed by atoms with Gasteiger partial charge in [-0.3, -0.25) is 9.69 Å². The molecule has 0 saturated carbocycles. The summed E-state index contributed by atoms with van der Waals surface area (Å²) in [5, 5.41) is 0.544. The van der Waals surface area contributed by atoms with E-state index < -0.39 is 5.66 Å². The molecule has 3 nitrogen and oxygen atoms in total. The van der Waals surface area contributed by atoms with Crippen molar-refractivity contribution < 1.29 is 4.79 Å². The molecule has 2 N–H and O–H groups in total. The van der Waals surface area contributed by atoms with Crippen molar-refractivity contribution in [3.63, 3.8) is 0 Å². The lowest BCUT2D eigenvalue weighted by Gasteiger charge is -2.45. The minimum absolute atomic E-state index is 0.101. The summed E-state index contributed by atoms with van der Waals surface area (Å²) in [6.45, 7) is 2.19. The molecule has 2 aromatic rings. The Hall–Kier alpha value is -1.68. The molecule has 3 rings (SSSR count). The van der Waals surface area contributed by atoms with Crippen LogP contribution >= 0.6 is 11.6 Å². The Labute approximate surface area is 135 Å². The second-order valence-corrected chi connectivity index (χ2v) is 6.28. The average molecular weight is 315 g/mol. The third kappa shape index (κ3) is 2.17. The second-order valence-electron chi connectivity index (χ2n) is 5.87. The van der Waals surface area contributed by atoms with E-state index in [1.807, 2.05) is 42.3 Å². The van der Waals surface area contributed by atoms with Gasteiger partial charge in [-0.15, -0.1) is 0 Å². The van der Waals surface area contributed by atoms with E-state index in [-0.39, 0.29) is 11.7 Å². The first-order chi connectivity index (χ1) is 10.5. The number of hydrogen-bond donors (Lipinski definition) is 1. The van der Waals surface area contributed by atoms with Gasteiger partial charge in [-0.1, -0.05) is 54.1 Å². The van der Waals surface area contributed by atoms with Crippen molar-refractivity contribution in [2.45, 2.75) is 18.5 Å². The molecule has 0 radical (unpaired) electrons. The summed E-state index contributed by atoms with van der Waals surface area (Å²) in [5.41, 5.74) is 8.29. The second kappa shape index (κ2) is 5.51. The number of Topliss-reactive ketones (excluding diaryl/α,β-unsaturated/α-hetero) is 1. The van der Waals surface area contributed by atoms with Gasteiger partial charge in [0.1, 0.15) is 0 Å². The number of nitrogens with zero attached hydrogens (tertiary/aromatic N) is 1. The van der Waals surface area contributed by atoms with Gasteiger partial charge in [-0.25, -0.2) is 0 Å². The minimum atomic E-state index is -1.17. The Bertz CT molecular complexity index is 716. The van der Waals surface area contributed by atoms with Crippen molar-refractivity contribution in [3.05, 3.63) is 70.2 Å². The monoisotopic (exact) mass is 314 g/mol. The fraction of sp³-hybridized carbons (Fsp3) is 0.278. The molecule has 2 atom stereocenters. The molecule has 1 aliphatic rings. The van der Waals surface area contributed by atoms with Crippen molar-refractivity contribution in [1.29, 1.82) is 0 Å². The van der Waals surface area contributed by atoms with E-state index in [9.17, 15) is 4.79 Å². The third-order valence-corrected chi connectivity index (χ3v) is 4.91. The van der Waals surface area contributed by atoms with Crippen molar-refractivity contribution in [2.24, 2.45) is 5.73 Å². The summed E-state index contributed by atoms with van der Waals surface area (Å²) in [7, 11) is 1.88. The van der Waals surface area contributed by atoms with Crippen LogP contribution in [0.5, 0.6) is 0 Å². The van der Waals surface area contributed by atoms with E-state index in [0.29, 0.717) is 11.6 Å². The number of carbonyl (C=O) groups is 1. The van der Waals surface area contributed by atoms with E-state index in [1.54, 1.807) is 6.07 Å². The molecule has 114 valence electrons. The van der Waals surface area contributed by atoms with Crippen molar-refractivity contribution in [3.8, 4) is 0 Å². The predicted octanol–water partition coefficient (Wildman–Crippen LogP) is 3.12. The number of rotatable bonds is 2. The lowest BCUT2D eigenvalue weighted by Crippen LogP contribution is -2.60. The highest BCUT2D eigenvalue weighted by molar-refractivity contribution is 6.32. The van der Waals surface area contributed by atoms with Crippen LogP contribution < -0.4 is 5.73 Å². The predicted molar refractivity (Wildman–Crippen MR) is 88.9 cm³/mol. The van der Waals surface area contributed by atoms with Gasteiger partial charge in [-0.05, 0) is 31.2 Å². The maximum Gasteiger partial charge on any atom is 0.169 e. The summed E-state index contributed by atoms with van der Waals surface area (Å²) in [6, 6.07) is 16.0. The first kappa shape index (κ1) is 15.2. The average Bonchev–Trinajstić information content (AvgIpc) is 2.51. The number of halogens is 1. The van der Waals surface area contributed by atoms with Crippen LogP contribution in [0.1, 0.15) is 29.5 Å². The van der Waals surface area contributed by atoms with E-state index in [0.717, 1.165) is 11.1 Å². The molecule has 0 fully saturated rings. The Balaban J connectivity index is 2.24. The number of likely N-dealkylation sites (N-methyl/N-ethyl adjacent to an activating group) is 1. The maximum absolute atomic E-state index is 12.3. The summed E-state index contributed by atoms with van der Waals surface area (Å²) >= 11 is 6.43. The number of fused-ring (bicyclic) bond motifs is 1. The molecule has 0 bridgehead atoms. The van der Waals surface area contributed by atoms with Crippen LogP contribution in [0, 0.1) is 0 Å². The first-order valence-electron chi connectivity index (χ1n) is 7.31. The van der Waals surface area contributed by atoms with Gasteiger partial charge in [-0.2, -0.15) is 0 Å². The Morgan fingerprint density at radius 3 is 2.55 bits per heavy atom. The van der Waals surface area contributed by atoms with Crippen LogP contribution in [0.3, 0.4) is 0 Å². The quantitative estimate of drug-likeness (QED) is 0.926. The molecular formula is C18H19ClN2O. The molecule has 0 aromatic heterocycles. The molecule has 2 aromatic carbocycles. The number of ketones is 1. The fourth-order valence-electron chi connectivity index (χ4n) is 3.36. The Kier molecular flexibility index (Phi) is 3.81. The van der Waals surface area contributed by atoms with Gasteiger partial charge in [0.05, 0.1) is 0 Å². The molecule has 2 unspecified atom stereocenters. The smallest absolute Gasteiger partial charge is 0.169 e. The molecule has 0 saturated heterocycles. The van der Waals surface area contributed by atoms with Gasteiger partial charge in [0.15, 0.2) is 11.4 Å². The van der Waals surface area contributed by atoms with Gasteiger partial charge in [0.2, 0.25) is 0 Å². The maximum atomic E-state index is 12.3.